The van der Waals surface area contributed by atoms with Crippen molar-refractivity contribution in [1.29, 1.82) is 0 Å². The van der Waals surface area contributed by atoms with Crippen LogP contribution in [-0.2, 0) is 11.2 Å². The molecule has 0 heterocycles. The van der Waals surface area contributed by atoms with Crippen LogP contribution in [0.1, 0.15) is 30.5 Å². The molecule has 0 aliphatic heterocycles. The van der Waals surface area contributed by atoms with Crippen LogP contribution in [0, 0.1) is 0 Å². The zero-order valence-electron chi connectivity index (χ0n) is 12.1. The summed E-state index contributed by atoms with van der Waals surface area (Å²) in [6.45, 7) is 1.80. The van der Waals surface area contributed by atoms with Gasteiger partial charge in [0.2, 0.25) is 0 Å². The second-order valence-corrected chi connectivity index (χ2v) is 5.20. The van der Waals surface area contributed by atoms with Crippen molar-refractivity contribution in [3.8, 4) is 5.75 Å². The highest BCUT2D eigenvalue weighted by Crippen LogP contribution is 2.37. The summed E-state index contributed by atoms with van der Waals surface area (Å²) in [5.41, 5.74) is 2.53. The smallest absolute Gasteiger partial charge is 0.262 e. The lowest BCUT2D eigenvalue weighted by Gasteiger charge is -2.20. The van der Waals surface area contributed by atoms with Crippen LogP contribution in [0.15, 0.2) is 18.2 Å². The van der Waals surface area contributed by atoms with Crippen LogP contribution in [0.4, 0.5) is 0 Å². The van der Waals surface area contributed by atoms with Gasteiger partial charge in [-0.25, -0.2) is 0 Å². The minimum absolute atomic E-state index is 0.0132. The van der Waals surface area contributed by atoms with Crippen molar-refractivity contribution in [2.45, 2.75) is 31.9 Å². The zero-order valence-corrected chi connectivity index (χ0v) is 12.1. The van der Waals surface area contributed by atoms with E-state index in [0.29, 0.717) is 6.04 Å². The van der Waals surface area contributed by atoms with Crippen LogP contribution in [0.25, 0.3) is 0 Å². The Labute approximate surface area is 114 Å². The molecular formula is C15H22N2O2. The third kappa shape index (κ3) is 2.73. The number of hydrogen-bond donors (Lipinski definition) is 1. The standard InChI is InChI=1S/C15H22N2O2/c1-10(15(18)17(3)4)19-14-7-5-6-11-12(14)8-9-13(11)16-2/h5-7,10,13,16H,8-9H2,1-4H3. The van der Waals surface area contributed by atoms with Crippen LogP contribution in [0.5, 0.6) is 5.75 Å². The summed E-state index contributed by atoms with van der Waals surface area (Å²) < 4.78 is 5.85. The summed E-state index contributed by atoms with van der Waals surface area (Å²) >= 11 is 0. The van der Waals surface area contributed by atoms with Crippen LogP contribution >= 0.6 is 0 Å². The van der Waals surface area contributed by atoms with E-state index in [9.17, 15) is 4.79 Å². The lowest BCUT2D eigenvalue weighted by atomic mass is 10.1. The van der Waals surface area contributed by atoms with E-state index in [1.54, 1.807) is 25.9 Å². The van der Waals surface area contributed by atoms with Gasteiger partial charge in [-0.15, -0.1) is 0 Å². The molecule has 2 rings (SSSR count). The maximum absolute atomic E-state index is 11.9. The average Bonchev–Trinajstić information content (AvgIpc) is 2.81. The van der Waals surface area contributed by atoms with Crippen molar-refractivity contribution in [3.63, 3.8) is 0 Å². The van der Waals surface area contributed by atoms with Gasteiger partial charge in [-0.3, -0.25) is 4.79 Å². The van der Waals surface area contributed by atoms with Gasteiger partial charge in [0.1, 0.15) is 5.75 Å². The fourth-order valence-electron chi connectivity index (χ4n) is 2.64. The first-order valence-electron chi connectivity index (χ1n) is 6.71. The largest absolute Gasteiger partial charge is 0.481 e. The molecule has 1 aliphatic rings. The first-order valence-corrected chi connectivity index (χ1v) is 6.71. The monoisotopic (exact) mass is 262 g/mol. The number of ether oxygens (including phenoxy) is 1. The normalized spacial score (nSPS) is 18.8. The Morgan fingerprint density at radius 1 is 1.47 bits per heavy atom. The van der Waals surface area contributed by atoms with Gasteiger partial charge in [-0.1, -0.05) is 12.1 Å². The summed E-state index contributed by atoms with van der Waals surface area (Å²) in [5.74, 6) is 0.832. The van der Waals surface area contributed by atoms with E-state index < -0.39 is 6.10 Å². The topological polar surface area (TPSA) is 41.6 Å². The maximum Gasteiger partial charge on any atom is 0.262 e. The molecule has 0 fully saturated rings. The lowest BCUT2D eigenvalue weighted by Crippen LogP contribution is -2.35. The molecule has 1 aromatic rings. The number of likely N-dealkylation sites (N-methyl/N-ethyl adjacent to an activating group) is 1. The summed E-state index contributed by atoms with van der Waals surface area (Å²) in [5, 5.41) is 3.31. The van der Waals surface area contributed by atoms with Crippen molar-refractivity contribution in [2.24, 2.45) is 0 Å². The van der Waals surface area contributed by atoms with E-state index in [-0.39, 0.29) is 5.91 Å². The summed E-state index contributed by atoms with van der Waals surface area (Å²) in [4.78, 5) is 13.4. The third-order valence-electron chi connectivity index (χ3n) is 3.67. The zero-order chi connectivity index (χ0) is 14.0. The molecule has 1 aliphatic carbocycles. The number of fused-ring (bicyclic) bond motifs is 1. The van der Waals surface area contributed by atoms with Gasteiger partial charge in [-0.2, -0.15) is 0 Å². The maximum atomic E-state index is 11.9. The molecule has 0 saturated carbocycles. The minimum atomic E-state index is -0.449. The Morgan fingerprint density at radius 2 is 2.21 bits per heavy atom. The number of amides is 1. The predicted octanol–water partition coefficient (Wildman–Crippen LogP) is 1.75. The highest BCUT2D eigenvalue weighted by molar-refractivity contribution is 5.80. The average molecular weight is 262 g/mol. The van der Waals surface area contributed by atoms with Gasteiger partial charge in [0.25, 0.3) is 5.91 Å². The SMILES string of the molecule is CNC1CCc2c(OC(C)C(=O)N(C)C)cccc21. The Morgan fingerprint density at radius 3 is 2.84 bits per heavy atom. The Balaban J connectivity index is 2.19. The highest BCUT2D eigenvalue weighted by Gasteiger charge is 2.25. The fourth-order valence-corrected chi connectivity index (χ4v) is 2.64. The molecule has 0 spiro atoms. The summed E-state index contributed by atoms with van der Waals surface area (Å²) in [6, 6.07) is 6.49. The van der Waals surface area contributed by atoms with Crippen LogP contribution in [0.2, 0.25) is 0 Å². The molecule has 2 atom stereocenters. The Hall–Kier alpha value is -1.55. The molecule has 1 amide bonds. The minimum Gasteiger partial charge on any atom is -0.481 e. The second-order valence-electron chi connectivity index (χ2n) is 5.20. The lowest BCUT2D eigenvalue weighted by molar-refractivity contribution is -0.135. The first kappa shape index (κ1) is 13.9. The summed E-state index contributed by atoms with van der Waals surface area (Å²) in [6.07, 6.45) is 1.64. The second kappa shape index (κ2) is 5.61. The fraction of sp³-hybridized carbons (Fsp3) is 0.533. The van der Waals surface area contributed by atoms with Crippen molar-refractivity contribution < 1.29 is 9.53 Å². The quantitative estimate of drug-likeness (QED) is 0.899. The van der Waals surface area contributed by atoms with E-state index in [4.69, 9.17) is 4.74 Å². The van der Waals surface area contributed by atoms with E-state index in [0.717, 1.165) is 18.6 Å². The number of rotatable bonds is 4. The van der Waals surface area contributed by atoms with Gasteiger partial charge in [0, 0.05) is 20.1 Å². The van der Waals surface area contributed by atoms with E-state index in [1.165, 1.54) is 11.1 Å². The molecule has 4 nitrogen and oxygen atoms in total. The number of nitrogens with zero attached hydrogens (tertiary/aromatic N) is 1. The summed E-state index contributed by atoms with van der Waals surface area (Å²) in [7, 11) is 5.47. The van der Waals surface area contributed by atoms with Gasteiger partial charge in [0.05, 0.1) is 0 Å². The molecule has 19 heavy (non-hydrogen) atoms. The molecule has 2 unspecified atom stereocenters. The molecule has 104 valence electrons. The molecule has 0 aromatic heterocycles. The van der Waals surface area contributed by atoms with E-state index >= 15 is 0 Å². The Kier molecular flexibility index (Phi) is 4.10. The number of carbonyl (C=O) groups excluding carboxylic acids is 1. The number of benzene rings is 1. The Bertz CT molecular complexity index is 471. The van der Waals surface area contributed by atoms with Gasteiger partial charge < -0.3 is 15.0 Å². The third-order valence-corrected chi connectivity index (χ3v) is 3.67. The van der Waals surface area contributed by atoms with E-state index in [1.807, 2.05) is 19.2 Å². The van der Waals surface area contributed by atoms with Gasteiger partial charge >= 0.3 is 0 Å². The van der Waals surface area contributed by atoms with E-state index in [2.05, 4.69) is 11.4 Å². The molecule has 0 saturated heterocycles. The highest BCUT2D eigenvalue weighted by atomic mass is 16.5. The number of carbonyl (C=O) groups is 1. The van der Waals surface area contributed by atoms with Crippen molar-refractivity contribution in [3.05, 3.63) is 29.3 Å². The van der Waals surface area contributed by atoms with Crippen molar-refractivity contribution in [1.82, 2.24) is 10.2 Å². The first-order chi connectivity index (χ1) is 9.04. The molecule has 1 aromatic carbocycles. The number of hydrogen-bond acceptors (Lipinski definition) is 3. The molecule has 4 heteroatoms. The van der Waals surface area contributed by atoms with Crippen LogP contribution in [-0.4, -0.2) is 38.1 Å². The van der Waals surface area contributed by atoms with Crippen LogP contribution < -0.4 is 10.1 Å². The van der Waals surface area contributed by atoms with Crippen molar-refractivity contribution in [2.75, 3.05) is 21.1 Å². The van der Waals surface area contributed by atoms with Gasteiger partial charge in [0.15, 0.2) is 6.10 Å². The number of nitrogens with one attached hydrogen (secondary N) is 1. The predicted molar refractivity (Wildman–Crippen MR) is 75.3 cm³/mol. The van der Waals surface area contributed by atoms with Crippen molar-refractivity contribution >= 4 is 5.91 Å². The molecule has 1 N–H and O–H groups in total. The molecule has 0 bridgehead atoms. The molecule has 0 radical (unpaired) electrons. The van der Waals surface area contributed by atoms with Gasteiger partial charge in [-0.05, 0) is 44.0 Å². The molecular weight excluding hydrogens is 240 g/mol. The van der Waals surface area contributed by atoms with Crippen LogP contribution in [0.3, 0.4) is 0 Å².